The van der Waals surface area contributed by atoms with Gasteiger partial charge in [0.25, 0.3) is 0 Å². The van der Waals surface area contributed by atoms with Gasteiger partial charge in [-0.05, 0) is 36.7 Å². The lowest BCUT2D eigenvalue weighted by molar-refractivity contribution is 0.591. The molecule has 0 bridgehead atoms. The first-order valence-corrected chi connectivity index (χ1v) is 6.03. The fourth-order valence-electron chi connectivity index (χ4n) is 1.85. The highest BCUT2D eigenvalue weighted by molar-refractivity contribution is 14.0. The number of aromatic nitrogens is 1. The predicted octanol–water partition coefficient (Wildman–Crippen LogP) is 3.98. The minimum absolute atomic E-state index is 0. The van der Waals surface area contributed by atoms with Crippen molar-refractivity contribution < 1.29 is 0 Å². The number of nitrogens with one attached hydrogen (secondary N) is 2. The molecule has 17 heavy (non-hydrogen) atoms. The van der Waals surface area contributed by atoms with Crippen LogP contribution in [0.3, 0.4) is 0 Å². The van der Waals surface area contributed by atoms with Crippen molar-refractivity contribution in [3.8, 4) is 0 Å². The Hall–Kier alpha value is -0.260. The molecule has 0 saturated carbocycles. The molecule has 0 amide bonds. The number of benzene rings is 1. The fourth-order valence-corrected chi connectivity index (χ4v) is 2.03. The van der Waals surface area contributed by atoms with Crippen LogP contribution in [0.25, 0.3) is 10.9 Å². The topological polar surface area (TPSA) is 27.8 Å². The van der Waals surface area contributed by atoms with E-state index in [-0.39, 0.29) is 24.0 Å². The Morgan fingerprint density at radius 3 is 2.82 bits per heavy atom. The Kier molecular flexibility index (Phi) is 5.76. The van der Waals surface area contributed by atoms with Crippen molar-refractivity contribution in [2.75, 3.05) is 6.54 Å². The van der Waals surface area contributed by atoms with E-state index in [1.807, 2.05) is 18.2 Å². The number of hydrogen-bond donors (Lipinski definition) is 2. The lowest BCUT2D eigenvalue weighted by Gasteiger charge is -2.06. The largest absolute Gasteiger partial charge is 0.361 e. The molecule has 2 rings (SSSR count). The average Bonchev–Trinajstić information content (AvgIpc) is 2.60. The van der Waals surface area contributed by atoms with Gasteiger partial charge in [-0.15, -0.1) is 24.0 Å². The highest BCUT2D eigenvalue weighted by atomic mass is 127. The summed E-state index contributed by atoms with van der Waals surface area (Å²) in [6, 6.07) is 6.50. The van der Waals surface area contributed by atoms with Crippen LogP contribution in [-0.4, -0.2) is 17.6 Å². The molecule has 2 aromatic rings. The average molecular weight is 365 g/mol. The van der Waals surface area contributed by atoms with E-state index in [0.717, 1.165) is 23.5 Å². The Labute approximate surface area is 124 Å². The van der Waals surface area contributed by atoms with Gasteiger partial charge in [-0.3, -0.25) is 0 Å². The van der Waals surface area contributed by atoms with Crippen LogP contribution in [0.1, 0.15) is 19.4 Å². The number of rotatable bonds is 4. The molecule has 1 heterocycles. The molecule has 1 aromatic heterocycles. The third-order valence-electron chi connectivity index (χ3n) is 2.68. The Morgan fingerprint density at radius 2 is 2.12 bits per heavy atom. The van der Waals surface area contributed by atoms with E-state index in [0.29, 0.717) is 6.04 Å². The summed E-state index contributed by atoms with van der Waals surface area (Å²) in [4.78, 5) is 3.27. The van der Waals surface area contributed by atoms with Crippen molar-refractivity contribution in [1.82, 2.24) is 10.3 Å². The minimum atomic E-state index is 0. The Bertz CT molecular complexity index is 479. The van der Waals surface area contributed by atoms with E-state index < -0.39 is 0 Å². The summed E-state index contributed by atoms with van der Waals surface area (Å²) < 4.78 is 0. The van der Waals surface area contributed by atoms with Crippen molar-refractivity contribution in [1.29, 1.82) is 0 Å². The van der Waals surface area contributed by atoms with Gasteiger partial charge in [0, 0.05) is 28.2 Å². The van der Waals surface area contributed by atoms with Crippen LogP contribution in [0.2, 0.25) is 5.02 Å². The van der Waals surface area contributed by atoms with Gasteiger partial charge in [-0.1, -0.05) is 25.4 Å². The van der Waals surface area contributed by atoms with E-state index >= 15 is 0 Å². The van der Waals surface area contributed by atoms with Gasteiger partial charge in [-0.2, -0.15) is 0 Å². The van der Waals surface area contributed by atoms with Crippen molar-refractivity contribution in [2.24, 2.45) is 0 Å². The van der Waals surface area contributed by atoms with Crippen molar-refractivity contribution in [3.63, 3.8) is 0 Å². The molecule has 2 nitrogen and oxygen atoms in total. The van der Waals surface area contributed by atoms with E-state index in [9.17, 15) is 0 Å². The van der Waals surface area contributed by atoms with Crippen molar-refractivity contribution in [2.45, 2.75) is 26.3 Å². The SMILES string of the molecule is CC(C)NCCc1c[nH]c2ccc(Cl)cc12.I. The number of aromatic amines is 1. The van der Waals surface area contributed by atoms with Gasteiger partial charge >= 0.3 is 0 Å². The minimum Gasteiger partial charge on any atom is -0.361 e. The molecule has 4 heteroatoms. The van der Waals surface area contributed by atoms with Gasteiger partial charge < -0.3 is 10.3 Å². The fraction of sp³-hybridized carbons (Fsp3) is 0.385. The summed E-state index contributed by atoms with van der Waals surface area (Å²) >= 11 is 6.00. The molecule has 0 aliphatic heterocycles. The van der Waals surface area contributed by atoms with Gasteiger partial charge in [-0.25, -0.2) is 0 Å². The normalized spacial score (nSPS) is 10.8. The number of fused-ring (bicyclic) bond motifs is 1. The first-order valence-electron chi connectivity index (χ1n) is 5.65. The highest BCUT2D eigenvalue weighted by Crippen LogP contribution is 2.22. The molecular weight excluding hydrogens is 347 g/mol. The number of halogens is 2. The molecule has 0 aliphatic carbocycles. The second-order valence-electron chi connectivity index (χ2n) is 4.36. The number of hydrogen-bond acceptors (Lipinski definition) is 1. The lowest BCUT2D eigenvalue weighted by atomic mass is 10.1. The quantitative estimate of drug-likeness (QED) is 0.789. The van der Waals surface area contributed by atoms with Gasteiger partial charge in [0.15, 0.2) is 0 Å². The molecule has 0 radical (unpaired) electrons. The maximum absolute atomic E-state index is 6.00. The lowest BCUT2D eigenvalue weighted by Crippen LogP contribution is -2.24. The molecule has 0 atom stereocenters. The summed E-state index contributed by atoms with van der Waals surface area (Å²) in [5, 5.41) is 5.45. The van der Waals surface area contributed by atoms with Crippen LogP contribution in [-0.2, 0) is 6.42 Å². The maximum atomic E-state index is 6.00. The third kappa shape index (κ3) is 3.86. The molecule has 0 aliphatic rings. The predicted molar refractivity (Wildman–Crippen MR) is 85.6 cm³/mol. The Morgan fingerprint density at radius 1 is 1.35 bits per heavy atom. The second-order valence-corrected chi connectivity index (χ2v) is 4.80. The molecular formula is C13H18ClIN2. The van der Waals surface area contributed by atoms with Gasteiger partial charge in [0.2, 0.25) is 0 Å². The molecule has 0 fully saturated rings. The van der Waals surface area contributed by atoms with Crippen molar-refractivity contribution in [3.05, 3.63) is 35.0 Å². The second kappa shape index (κ2) is 6.61. The maximum Gasteiger partial charge on any atom is 0.0457 e. The molecule has 0 saturated heterocycles. The molecule has 94 valence electrons. The van der Waals surface area contributed by atoms with Gasteiger partial charge in [0.05, 0.1) is 0 Å². The summed E-state index contributed by atoms with van der Waals surface area (Å²) in [6.45, 7) is 5.31. The summed E-state index contributed by atoms with van der Waals surface area (Å²) in [7, 11) is 0. The molecule has 0 unspecified atom stereocenters. The van der Waals surface area contributed by atoms with Crippen LogP contribution < -0.4 is 5.32 Å². The molecule has 0 spiro atoms. The summed E-state index contributed by atoms with van der Waals surface area (Å²) in [5.74, 6) is 0. The van der Waals surface area contributed by atoms with E-state index in [1.54, 1.807) is 0 Å². The van der Waals surface area contributed by atoms with Crippen molar-refractivity contribution >= 4 is 46.5 Å². The van der Waals surface area contributed by atoms with Crippen LogP contribution in [0, 0.1) is 0 Å². The standard InChI is InChI=1S/C13H17ClN2.HI/c1-9(2)15-6-5-10-8-16-13-4-3-11(14)7-12(10)13;/h3-4,7-9,15-16H,5-6H2,1-2H3;1H. The van der Waals surface area contributed by atoms with Crippen LogP contribution in [0.15, 0.2) is 24.4 Å². The van der Waals surface area contributed by atoms with Crippen LogP contribution >= 0.6 is 35.6 Å². The van der Waals surface area contributed by atoms with Crippen LogP contribution in [0.4, 0.5) is 0 Å². The van der Waals surface area contributed by atoms with E-state index in [1.165, 1.54) is 10.9 Å². The van der Waals surface area contributed by atoms with Gasteiger partial charge in [0.1, 0.15) is 0 Å². The monoisotopic (exact) mass is 364 g/mol. The highest BCUT2D eigenvalue weighted by Gasteiger charge is 2.04. The zero-order valence-electron chi connectivity index (χ0n) is 10.1. The smallest absolute Gasteiger partial charge is 0.0457 e. The summed E-state index contributed by atoms with van der Waals surface area (Å²) in [5.41, 5.74) is 2.48. The molecule has 1 aromatic carbocycles. The van der Waals surface area contributed by atoms with Crippen LogP contribution in [0.5, 0.6) is 0 Å². The molecule has 2 N–H and O–H groups in total. The zero-order chi connectivity index (χ0) is 11.5. The third-order valence-corrected chi connectivity index (χ3v) is 2.91. The zero-order valence-corrected chi connectivity index (χ0v) is 13.2. The summed E-state index contributed by atoms with van der Waals surface area (Å²) in [6.07, 6.45) is 3.10. The van der Waals surface area contributed by atoms with E-state index in [4.69, 9.17) is 11.6 Å². The first-order chi connectivity index (χ1) is 7.66. The number of H-pyrrole nitrogens is 1. The first kappa shape index (κ1) is 14.8. The van der Waals surface area contributed by atoms with E-state index in [2.05, 4.69) is 30.3 Å². The Balaban J connectivity index is 0.00000144.